The Labute approximate surface area is 375 Å². The number of Topliss-reactive ketones (excluding diaryl/α,β-unsaturated/α-hetero) is 2. The molecule has 2 aromatic carbocycles. The van der Waals surface area contributed by atoms with Gasteiger partial charge in [0.15, 0.2) is 21.8 Å². The van der Waals surface area contributed by atoms with Gasteiger partial charge in [0.1, 0.15) is 15.9 Å². The zero-order valence-corrected chi connectivity index (χ0v) is 36.4. The molecule has 2 aliphatic carbocycles. The Hall–Kier alpha value is -5.70. The Balaban J connectivity index is 0.000000190. The minimum atomic E-state index is -4.59. The number of pyridine rings is 2. The maximum Gasteiger partial charge on any atom is 0.416 e. The van der Waals surface area contributed by atoms with Gasteiger partial charge >= 0.3 is 18.2 Å². The molecule has 4 N–H and O–H groups in total. The van der Waals surface area contributed by atoms with Crippen LogP contribution < -0.4 is 21.3 Å². The van der Waals surface area contributed by atoms with Crippen LogP contribution in [0.15, 0.2) is 116 Å². The first-order chi connectivity index (χ1) is 30.4. The van der Waals surface area contributed by atoms with Crippen molar-refractivity contribution >= 4 is 91.5 Å². The normalized spacial score (nSPS) is 14.1. The van der Waals surface area contributed by atoms with Gasteiger partial charge in [0.25, 0.3) is 0 Å². The molecule has 6 aromatic rings. The van der Waals surface area contributed by atoms with Gasteiger partial charge in [-0.15, -0.1) is 0 Å². The van der Waals surface area contributed by atoms with E-state index >= 15 is 0 Å². The molecule has 2 saturated carbocycles. The fraction of sp³-hybridized carbons (Fsp3) is 0.256. The monoisotopic (exact) mass is 934 g/mol. The van der Waals surface area contributed by atoms with E-state index in [2.05, 4.69) is 41.2 Å². The fourth-order valence-electron chi connectivity index (χ4n) is 6.93. The highest BCUT2D eigenvalue weighted by atomic mass is 32.2. The van der Waals surface area contributed by atoms with Crippen molar-refractivity contribution in [3.05, 3.63) is 120 Å². The van der Waals surface area contributed by atoms with E-state index in [0.29, 0.717) is 28.8 Å². The molecule has 4 heterocycles. The number of carbonyl (C=O) groups is 4. The molecule has 12 nitrogen and oxygen atoms in total. The van der Waals surface area contributed by atoms with Gasteiger partial charge in [-0.2, -0.15) is 13.2 Å². The summed E-state index contributed by atoms with van der Waals surface area (Å²) < 4.78 is 55.1. The van der Waals surface area contributed by atoms with Crippen LogP contribution in [0.3, 0.4) is 0 Å². The second kappa shape index (κ2) is 21.1. The highest BCUT2D eigenvalue weighted by Gasteiger charge is 2.34. The smallest absolute Gasteiger partial charge is 0.307 e. The number of ketones is 2. The molecule has 63 heavy (non-hydrogen) atoms. The second-order valence-electron chi connectivity index (χ2n) is 14.3. The molecular formula is C43H38F4N8O4S4. The van der Waals surface area contributed by atoms with Crippen LogP contribution in [0.25, 0.3) is 0 Å². The standard InChI is InChI=1S/C22H19F3N4O2S2.C21H19FN4O2S2/c23-22(24,25)14-8-9-16(15(11-14)19(30)13-5-1-2-6-13)28-20(31)29-21-27-12-18(33-21)32-17-7-3-4-10-26-17;22-14-8-9-16(15(11-14)19(27)13-5-1-2-6-13)25-20(28)26-21-24-12-18(30-21)29-17-7-3-4-10-23-17/h3-4,7-13H,1-2,5-6H2,(H2,27,28,29,31);3-4,7-13H,1-2,5-6H2,(H2,24,25,26,28). The molecule has 0 saturated heterocycles. The van der Waals surface area contributed by atoms with Crippen LogP contribution in [0.5, 0.6) is 0 Å². The first kappa shape index (κ1) is 45.3. The van der Waals surface area contributed by atoms with Gasteiger partial charge in [-0.05, 0) is 86.3 Å². The zero-order valence-electron chi connectivity index (χ0n) is 33.1. The predicted octanol–water partition coefficient (Wildman–Crippen LogP) is 12.6. The number of amides is 4. The third-order valence-electron chi connectivity index (χ3n) is 9.90. The SMILES string of the molecule is O=C(Nc1ncc(Sc2ccccn2)s1)Nc1ccc(C(F)(F)F)cc1C(=O)C1CCCC1.O=C(Nc1ncc(Sc2ccccn2)s1)Nc1ccc(F)cc1C(=O)C1CCCC1. The van der Waals surface area contributed by atoms with Gasteiger partial charge in [-0.1, -0.05) is 84.0 Å². The van der Waals surface area contributed by atoms with E-state index in [4.69, 9.17) is 0 Å². The Morgan fingerprint density at radius 2 is 1.05 bits per heavy atom. The number of hydrogen-bond donors (Lipinski definition) is 4. The number of benzene rings is 2. The Morgan fingerprint density at radius 3 is 1.49 bits per heavy atom. The maximum atomic E-state index is 13.8. The molecule has 2 aliphatic rings. The van der Waals surface area contributed by atoms with E-state index in [-0.39, 0.29) is 40.2 Å². The molecule has 20 heteroatoms. The Kier molecular flexibility index (Phi) is 15.2. The van der Waals surface area contributed by atoms with Crippen LogP contribution in [0, 0.1) is 17.7 Å². The lowest BCUT2D eigenvalue weighted by Gasteiger charge is -2.16. The van der Waals surface area contributed by atoms with Gasteiger partial charge in [-0.25, -0.2) is 33.9 Å². The number of alkyl halides is 3. The van der Waals surface area contributed by atoms with Crippen LogP contribution in [-0.4, -0.2) is 43.6 Å². The van der Waals surface area contributed by atoms with Gasteiger partial charge in [-0.3, -0.25) is 20.2 Å². The quantitative estimate of drug-likeness (QED) is 0.0685. The van der Waals surface area contributed by atoms with Crippen molar-refractivity contribution in [2.75, 3.05) is 21.3 Å². The number of aromatic nitrogens is 4. The first-order valence-electron chi connectivity index (χ1n) is 19.7. The third kappa shape index (κ3) is 12.7. The van der Waals surface area contributed by atoms with Gasteiger partial charge in [0.05, 0.1) is 37.8 Å². The lowest BCUT2D eigenvalue weighted by atomic mass is 9.93. The lowest BCUT2D eigenvalue weighted by Crippen LogP contribution is -2.22. The molecule has 0 bridgehead atoms. The van der Waals surface area contributed by atoms with E-state index in [1.54, 1.807) is 30.9 Å². The zero-order chi connectivity index (χ0) is 44.3. The van der Waals surface area contributed by atoms with Crippen molar-refractivity contribution in [3.63, 3.8) is 0 Å². The molecule has 0 spiro atoms. The van der Waals surface area contributed by atoms with E-state index in [0.717, 1.165) is 75.2 Å². The fourth-order valence-corrected chi connectivity index (χ4v) is 10.5. The average molecular weight is 935 g/mol. The van der Waals surface area contributed by atoms with E-state index in [1.807, 2.05) is 30.3 Å². The first-order valence-corrected chi connectivity index (χ1v) is 23.0. The summed E-state index contributed by atoms with van der Waals surface area (Å²) in [5, 5.41) is 12.7. The lowest BCUT2D eigenvalue weighted by molar-refractivity contribution is -0.137. The summed E-state index contributed by atoms with van der Waals surface area (Å²) in [6.07, 6.45) is 8.64. The number of nitrogens with one attached hydrogen (secondary N) is 4. The number of urea groups is 2. The number of thiazole rings is 2. The van der Waals surface area contributed by atoms with Crippen LogP contribution in [0.1, 0.15) is 77.6 Å². The van der Waals surface area contributed by atoms with Crippen molar-refractivity contribution in [1.82, 2.24) is 19.9 Å². The molecule has 326 valence electrons. The summed E-state index contributed by atoms with van der Waals surface area (Å²) in [5.41, 5.74) is -0.506. The largest absolute Gasteiger partial charge is 0.416 e. The van der Waals surface area contributed by atoms with Crippen LogP contribution >= 0.6 is 46.2 Å². The molecule has 2 fully saturated rings. The summed E-state index contributed by atoms with van der Waals surface area (Å²) in [5.74, 6) is -1.44. The number of rotatable bonds is 12. The minimum absolute atomic E-state index is 0.0389. The Bertz CT molecular complexity index is 2550. The highest BCUT2D eigenvalue weighted by Crippen LogP contribution is 2.37. The molecule has 8 rings (SSSR count). The number of hydrogen-bond acceptors (Lipinski definition) is 12. The van der Waals surface area contributed by atoms with Crippen molar-refractivity contribution in [3.8, 4) is 0 Å². The molecule has 0 unspecified atom stereocenters. The summed E-state index contributed by atoms with van der Waals surface area (Å²) in [6, 6.07) is 16.5. The summed E-state index contributed by atoms with van der Waals surface area (Å²) in [7, 11) is 0. The number of halogens is 4. The number of nitrogens with zero attached hydrogens (tertiary/aromatic N) is 4. The molecule has 4 aromatic heterocycles. The second-order valence-corrected chi connectivity index (χ2v) is 19.0. The van der Waals surface area contributed by atoms with Crippen molar-refractivity contribution in [2.24, 2.45) is 11.8 Å². The average Bonchev–Trinajstić information content (AvgIpc) is 4.12. The van der Waals surface area contributed by atoms with Gasteiger partial charge in [0, 0.05) is 35.4 Å². The molecule has 0 aliphatic heterocycles. The van der Waals surface area contributed by atoms with E-state index in [1.165, 1.54) is 64.4 Å². The van der Waals surface area contributed by atoms with E-state index < -0.39 is 29.6 Å². The molecule has 4 amide bonds. The van der Waals surface area contributed by atoms with Crippen molar-refractivity contribution in [2.45, 2.75) is 76.0 Å². The molecule has 0 atom stereocenters. The van der Waals surface area contributed by atoms with Gasteiger partial charge in [0.2, 0.25) is 0 Å². The topological polar surface area (TPSA) is 168 Å². The summed E-state index contributed by atoms with van der Waals surface area (Å²) >= 11 is 5.37. The van der Waals surface area contributed by atoms with Crippen LogP contribution in [-0.2, 0) is 6.18 Å². The van der Waals surface area contributed by atoms with E-state index in [9.17, 15) is 36.7 Å². The molecule has 0 radical (unpaired) electrons. The van der Waals surface area contributed by atoms with Crippen LogP contribution in [0.4, 0.5) is 48.8 Å². The van der Waals surface area contributed by atoms with Crippen molar-refractivity contribution in [1.29, 1.82) is 0 Å². The summed E-state index contributed by atoms with van der Waals surface area (Å²) in [6.45, 7) is 0. The van der Waals surface area contributed by atoms with Crippen molar-refractivity contribution < 1.29 is 36.7 Å². The third-order valence-corrected chi connectivity index (χ3v) is 13.8. The number of carbonyl (C=O) groups excluding carboxylic acids is 4. The Morgan fingerprint density at radius 1 is 0.587 bits per heavy atom. The maximum absolute atomic E-state index is 13.8. The minimum Gasteiger partial charge on any atom is -0.307 e. The summed E-state index contributed by atoms with van der Waals surface area (Å²) in [4.78, 5) is 67.5. The van der Waals surface area contributed by atoms with Gasteiger partial charge < -0.3 is 10.6 Å². The number of anilines is 4. The highest BCUT2D eigenvalue weighted by molar-refractivity contribution is 8.01. The predicted molar refractivity (Wildman–Crippen MR) is 237 cm³/mol. The van der Waals surface area contributed by atoms with Crippen LogP contribution in [0.2, 0.25) is 0 Å². The molecular weight excluding hydrogens is 897 g/mol.